The molecule has 1 aromatic carbocycles. The Kier molecular flexibility index (Phi) is 3.66. The molecule has 0 radical (unpaired) electrons. The zero-order valence-corrected chi connectivity index (χ0v) is 12.5. The predicted octanol–water partition coefficient (Wildman–Crippen LogP) is 4.03. The van der Waals surface area contributed by atoms with Crippen LogP contribution in [0.1, 0.15) is 18.9 Å². The lowest BCUT2D eigenvalue weighted by Gasteiger charge is -2.20. The molecule has 0 aliphatic heterocycles. The summed E-state index contributed by atoms with van der Waals surface area (Å²) in [6, 6.07) is 8.16. The van der Waals surface area contributed by atoms with E-state index >= 15 is 0 Å². The van der Waals surface area contributed by atoms with Crippen molar-refractivity contribution >= 4 is 27.3 Å². The lowest BCUT2D eigenvalue weighted by atomic mass is 10.1. The number of thiazole rings is 1. The third kappa shape index (κ3) is 2.59. The first-order valence-electron chi connectivity index (χ1n) is 5.44. The second kappa shape index (κ2) is 4.88. The van der Waals surface area contributed by atoms with Gasteiger partial charge < -0.3 is 5.32 Å². The van der Waals surface area contributed by atoms with Crippen LogP contribution in [0.25, 0.3) is 11.3 Å². The Hall–Kier alpha value is -0.710. The summed E-state index contributed by atoms with van der Waals surface area (Å²) < 4.78 is 1.08. The van der Waals surface area contributed by atoms with Crippen LogP contribution in [0.2, 0.25) is 0 Å². The van der Waals surface area contributed by atoms with E-state index in [1.54, 1.807) is 11.3 Å². The molecule has 2 nitrogen and oxygen atoms in total. The van der Waals surface area contributed by atoms with Gasteiger partial charge in [0.05, 0.1) is 11.2 Å². The number of halogens is 1. The van der Waals surface area contributed by atoms with E-state index in [-0.39, 0.29) is 5.54 Å². The monoisotopic (exact) mass is 310 g/mol. The van der Waals surface area contributed by atoms with Crippen molar-refractivity contribution in [1.29, 1.82) is 0 Å². The van der Waals surface area contributed by atoms with Crippen LogP contribution >= 0.6 is 27.3 Å². The summed E-state index contributed by atoms with van der Waals surface area (Å²) in [6.45, 7) is 4.27. The number of hydrogen-bond donors (Lipinski definition) is 1. The fourth-order valence-corrected chi connectivity index (χ4v) is 2.90. The Bertz CT molecular complexity index is 520. The third-order valence-electron chi connectivity index (χ3n) is 2.81. The number of nitrogens with one attached hydrogen (secondary N) is 1. The van der Waals surface area contributed by atoms with E-state index in [1.165, 1.54) is 0 Å². The first-order valence-corrected chi connectivity index (χ1v) is 7.11. The van der Waals surface area contributed by atoms with Gasteiger partial charge in [0.25, 0.3) is 0 Å². The molecule has 1 N–H and O–H groups in total. The molecule has 17 heavy (non-hydrogen) atoms. The molecule has 0 amide bonds. The van der Waals surface area contributed by atoms with Gasteiger partial charge in [0.2, 0.25) is 0 Å². The van der Waals surface area contributed by atoms with E-state index in [4.69, 9.17) is 4.98 Å². The van der Waals surface area contributed by atoms with Gasteiger partial charge in [-0.2, -0.15) is 0 Å². The summed E-state index contributed by atoms with van der Waals surface area (Å²) >= 11 is 5.25. The molecule has 1 aromatic heterocycles. The summed E-state index contributed by atoms with van der Waals surface area (Å²) in [4.78, 5) is 4.71. The van der Waals surface area contributed by atoms with Crippen LogP contribution in [0.3, 0.4) is 0 Å². The third-order valence-corrected chi connectivity index (χ3v) is 4.67. The number of aromatic nitrogens is 1. The van der Waals surface area contributed by atoms with Gasteiger partial charge >= 0.3 is 0 Å². The normalized spacial score (nSPS) is 11.8. The fraction of sp³-hybridized carbons (Fsp3) is 0.308. The quantitative estimate of drug-likeness (QED) is 0.926. The molecule has 0 aliphatic rings. The van der Waals surface area contributed by atoms with Crippen molar-refractivity contribution < 1.29 is 0 Å². The molecule has 0 aliphatic carbocycles. The van der Waals surface area contributed by atoms with Crippen molar-refractivity contribution in [2.45, 2.75) is 19.4 Å². The minimum atomic E-state index is -0.0792. The summed E-state index contributed by atoms with van der Waals surface area (Å²) in [5.74, 6) is 0. The van der Waals surface area contributed by atoms with Gasteiger partial charge in [-0.15, -0.1) is 11.3 Å². The van der Waals surface area contributed by atoms with Crippen LogP contribution in [0.15, 0.2) is 34.1 Å². The molecule has 4 heteroatoms. The molecular weight excluding hydrogens is 296 g/mol. The molecular formula is C13H15BrN2S. The van der Waals surface area contributed by atoms with Gasteiger partial charge in [-0.25, -0.2) is 4.98 Å². The summed E-state index contributed by atoms with van der Waals surface area (Å²) in [5.41, 5.74) is 2.09. The van der Waals surface area contributed by atoms with Crippen LogP contribution in [0.5, 0.6) is 0 Å². The summed E-state index contributed by atoms with van der Waals surface area (Å²) in [6.07, 6.45) is 0. The molecule has 1 heterocycles. The van der Waals surface area contributed by atoms with Gasteiger partial charge in [0.15, 0.2) is 0 Å². The van der Waals surface area contributed by atoms with Crippen molar-refractivity contribution in [1.82, 2.24) is 10.3 Å². The Balaban J connectivity index is 2.40. The maximum absolute atomic E-state index is 4.71. The Labute approximate surface area is 114 Å². The number of benzene rings is 1. The van der Waals surface area contributed by atoms with Crippen LogP contribution in [-0.2, 0) is 5.54 Å². The molecule has 90 valence electrons. The van der Waals surface area contributed by atoms with E-state index in [0.717, 1.165) is 20.7 Å². The minimum absolute atomic E-state index is 0.0792. The van der Waals surface area contributed by atoms with E-state index < -0.39 is 0 Å². The van der Waals surface area contributed by atoms with Gasteiger partial charge in [-0.1, -0.05) is 34.1 Å². The molecule has 0 saturated carbocycles. The SMILES string of the molecule is CNC(C)(C)c1nc(-c2ccccc2Br)cs1. The second-order valence-corrected chi connectivity index (χ2v) is 6.11. The molecule has 0 fully saturated rings. The highest BCUT2D eigenvalue weighted by Gasteiger charge is 2.22. The van der Waals surface area contributed by atoms with Crippen molar-refractivity contribution in [3.63, 3.8) is 0 Å². The maximum Gasteiger partial charge on any atom is 0.113 e. The molecule has 0 atom stereocenters. The zero-order chi connectivity index (χ0) is 12.5. The Morgan fingerprint density at radius 1 is 1.29 bits per heavy atom. The molecule has 0 saturated heterocycles. The molecule has 2 rings (SSSR count). The molecule has 2 aromatic rings. The average Bonchev–Trinajstić information content (AvgIpc) is 2.79. The highest BCUT2D eigenvalue weighted by atomic mass is 79.9. The topological polar surface area (TPSA) is 24.9 Å². The van der Waals surface area contributed by atoms with Gasteiger partial charge in [0.1, 0.15) is 5.01 Å². The average molecular weight is 311 g/mol. The number of rotatable bonds is 3. The maximum atomic E-state index is 4.71. The Morgan fingerprint density at radius 2 is 2.00 bits per heavy atom. The fourth-order valence-electron chi connectivity index (χ4n) is 1.46. The molecule has 0 bridgehead atoms. The second-order valence-electron chi connectivity index (χ2n) is 4.39. The first kappa shape index (κ1) is 12.7. The standard InChI is InChI=1S/C13H15BrN2S/c1-13(2,15-3)12-16-11(8-17-12)9-6-4-5-7-10(9)14/h4-8,15H,1-3H3. The largest absolute Gasteiger partial charge is 0.309 e. The van der Waals surface area contributed by atoms with Gasteiger partial charge in [-0.3, -0.25) is 0 Å². The summed E-state index contributed by atoms with van der Waals surface area (Å²) in [7, 11) is 1.96. The van der Waals surface area contributed by atoms with Crippen LogP contribution in [-0.4, -0.2) is 12.0 Å². The Morgan fingerprint density at radius 3 is 2.65 bits per heavy atom. The van der Waals surface area contributed by atoms with E-state index in [1.807, 2.05) is 25.2 Å². The van der Waals surface area contributed by atoms with Gasteiger partial charge in [-0.05, 0) is 27.0 Å². The van der Waals surface area contributed by atoms with Crippen LogP contribution in [0.4, 0.5) is 0 Å². The molecule has 0 spiro atoms. The lowest BCUT2D eigenvalue weighted by Crippen LogP contribution is -2.32. The van der Waals surface area contributed by atoms with Crippen molar-refractivity contribution in [2.24, 2.45) is 0 Å². The minimum Gasteiger partial charge on any atom is -0.309 e. The number of hydrogen-bond acceptors (Lipinski definition) is 3. The smallest absolute Gasteiger partial charge is 0.113 e. The highest BCUT2D eigenvalue weighted by Crippen LogP contribution is 2.32. The van der Waals surface area contributed by atoms with Crippen LogP contribution in [0, 0.1) is 0 Å². The zero-order valence-electron chi connectivity index (χ0n) is 10.1. The van der Waals surface area contributed by atoms with Crippen molar-refractivity contribution in [3.05, 3.63) is 39.1 Å². The van der Waals surface area contributed by atoms with Crippen molar-refractivity contribution in [2.75, 3.05) is 7.05 Å². The van der Waals surface area contributed by atoms with Crippen molar-refractivity contribution in [3.8, 4) is 11.3 Å². The van der Waals surface area contributed by atoms with Gasteiger partial charge in [0, 0.05) is 15.4 Å². The van der Waals surface area contributed by atoms with E-state index in [2.05, 4.69) is 46.5 Å². The van der Waals surface area contributed by atoms with E-state index in [0.29, 0.717) is 0 Å². The first-order chi connectivity index (χ1) is 8.04. The number of nitrogens with zero attached hydrogens (tertiary/aromatic N) is 1. The molecule has 0 unspecified atom stereocenters. The van der Waals surface area contributed by atoms with E-state index in [9.17, 15) is 0 Å². The highest BCUT2D eigenvalue weighted by molar-refractivity contribution is 9.10. The predicted molar refractivity (Wildman–Crippen MR) is 77.3 cm³/mol. The summed E-state index contributed by atoms with van der Waals surface area (Å²) in [5, 5.41) is 6.48. The van der Waals surface area contributed by atoms with Crippen LogP contribution < -0.4 is 5.32 Å². The lowest BCUT2D eigenvalue weighted by molar-refractivity contribution is 0.442.